The summed E-state index contributed by atoms with van der Waals surface area (Å²) in [6.45, 7) is 5.06. The third-order valence-electron chi connectivity index (χ3n) is 5.31. The van der Waals surface area contributed by atoms with Gasteiger partial charge in [-0.1, -0.05) is 18.2 Å². The highest BCUT2D eigenvalue weighted by atomic mass is 32.2. The van der Waals surface area contributed by atoms with Gasteiger partial charge in [0.1, 0.15) is 16.8 Å². The van der Waals surface area contributed by atoms with E-state index in [0.717, 1.165) is 12.1 Å². The molecule has 0 radical (unpaired) electrons. The second-order valence-electron chi connectivity index (χ2n) is 8.03. The van der Waals surface area contributed by atoms with Crippen LogP contribution in [0.4, 0.5) is 17.6 Å². The van der Waals surface area contributed by atoms with E-state index >= 15 is 0 Å². The van der Waals surface area contributed by atoms with E-state index in [1.807, 2.05) is 23.1 Å². The molecule has 3 atom stereocenters. The Balaban J connectivity index is 1.70. The topological polar surface area (TPSA) is 60.9 Å². The van der Waals surface area contributed by atoms with Crippen molar-refractivity contribution in [1.29, 1.82) is 0 Å². The van der Waals surface area contributed by atoms with E-state index in [4.69, 9.17) is 5.11 Å². The van der Waals surface area contributed by atoms with Crippen LogP contribution in [0.15, 0.2) is 47.4 Å². The Kier molecular flexibility index (Phi) is 7.36. The summed E-state index contributed by atoms with van der Waals surface area (Å²) >= 11 is 0. The highest BCUT2D eigenvalue weighted by Gasteiger charge is 2.35. The van der Waals surface area contributed by atoms with Gasteiger partial charge in [0.15, 0.2) is 0 Å². The van der Waals surface area contributed by atoms with E-state index in [1.165, 1.54) is 6.07 Å². The van der Waals surface area contributed by atoms with Gasteiger partial charge in [-0.2, -0.15) is 13.2 Å². The lowest BCUT2D eigenvalue weighted by Crippen LogP contribution is -2.56. The van der Waals surface area contributed by atoms with Crippen molar-refractivity contribution in [3.05, 3.63) is 65.0 Å². The molecular formula is C22H24F4N2O3S. The molecule has 1 unspecified atom stereocenters. The summed E-state index contributed by atoms with van der Waals surface area (Å²) in [5.74, 6) is -2.26. The zero-order chi connectivity index (χ0) is 23.6. The molecule has 0 bridgehead atoms. The quantitative estimate of drug-likeness (QED) is 0.644. The van der Waals surface area contributed by atoms with Crippen LogP contribution in [0.25, 0.3) is 0 Å². The molecule has 0 spiro atoms. The van der Waals surface area contributed by atoms with Crippen LogP contribution in [0.1, 0.15) is 30.5 Å². The van der Waals surface area contributed by atoms with Crippen LogP contribution in [-0.4, -0.2) is 49.7 Å². The first-order valence-corrected chi connectivity index (χ1v) is 11.2. The van der Waals surface area contributed by atoms with Crippen molar-refractivity contribution in [3.63, 3.8) is 0 Å². The van der Waals surface area contributed by atoms with Crippen molar-refractivity contribution in [2.45, 2.75) is 50.0 Å². The minimum absolute atomic E-state index is 0.151. The zero-order valence-electron chi connectivity index (χ0n) is 17.6. The van der Waals surface area contributed by atoms with Crippen molar-refractivity contribution >= 4 is 17.0 Å². The van der Waals surface area contributed by atoms with Gasteiger partial charge in [-0.15, -0.1) is 0 Å². The van der Waals surface area contributed by atoms with E-state index in [9.17, 15) is 26.6 Å². The van der Waals surface area contributed by atoms with Crippen molar-refractivity contribution in [2.24, 2.45) is 0 Å². The Hall–Kier alpha value is -2.30. The zero-order valence-corrected chi connectivity index (χ0v) is 18.4. The van der Waals surface area contributed by atoms with E-state index in [2.05, 4.69) is 0 Å². The predicted octanol–water partition coefficient (Wildman–Crippen LogP) is 4.09. The van der Waals surface area contributed by atoms with Gasteiger partial charge in [-0.25, -0.2) is 12.9 Å². The average Bonchev–Trinajstić information content (AvgIpc) is 2.66. The highest BCUT2D eigenvalue weighted by Crippen LogP contribution is 2.32. The number of benzene rings is 2. The fraction of sp³-hybridized carbons (Fsp3) is 0.409. The molecule has 1 fully saturated rings. The molecule has 0 aliphatic carbocycles. The van der Waals surface area contributed by atoms with Crippen molar-refractivity contribution in [3.8, 4) is 0 Å². The van der Waals surface area contributed by atoms with Crippen LogP contribution in [0.2, 0.25) is 0 Å². The molecule has 0 saturated carbocycles. The van der Waals surface area contributed by atoms with Gasteiger partial charge in [-0.05, 0) is 49.2 Å². The number of carbonyl (C=O) groups is 1. The number of carboxylic acids is 1. The Bertz CT molecular complexity index is 1000. The van der Waals surface area contributed by atoms with Crippen LogP contribution in [0.3, 0.4) is 0 Å². The average molecular weight is 473 g/mol. The molecule has 10 heteroatoms. The van der Waals surface area contributed by atoms with E-state index in [1.54, 1.807) is 24.3 Å². The highest BCUT2D eigenvalue weighted by molar-refractivity contribution is 7.82. The van der Waals surface area contributed by atoms with Crippen molar-refractivity contribution in [2.75, 3.05) is 13.1 Å². The minimum atomic E-state index is -4.73. The summed E-state index contributed by atoms with van der Waals surface area (Å²) in [7, 11) is -1.50. The van der Waals surface area contributed by atoms with Gasteiger partial charge in [0, 0.05) is 31.7 Å². The third kappa shape index (κ3) is 5.73. The first-order chi connectivity index (χ1) is 15.0. The molecule has 32 heavy (non-hydrogen) atoms. The molecular weight excluding hydrogens is 448 g/mol. The van der Waals surface area contributed by atoms with Crippen LogP contribution >= 0.6 is 0 Å². The Morgan fingerprint density at radius 2 is 1.75 bits per heavy atom. The standard InChI is InChI=1S/C22H24F4N2O3S/c1-14-11-27(13-17-6-7-19(20(23)9-17)22(24,25)26)12-15(2)28(14)32(31)18-5-3-4-16(8-18)10-21(29)30/h3-9,14-15H,10-13H2,1-2H3,(H,29,30)/t14-,15+,32?. The largest absolute Gasteiger partial charge is 0.481 e. The Labute approximate surface area is 186 Å². The van der Waals surface area contributed by atoms with Crippen molar-refractivity contribution in [1.82, 2.24) is 9.21 Å². The summed E-state index contributed by atoms with van der Waals surface area (Å²) in [5.41, 5.74) is -0.286. The number of piperazine rings is 1. The van der Waals surface area contributed by atoms with E-state index in [-0.39, 0.29) is 25.0 Å². The van der Waals surface area contributed by atoms with Crippen LogP contribution in [0, 0.1) is 5.82 Å². The lowest BCUT2D eigenvalue weighted by Gasteiger charge is -2.43. The molecule has 3 rings (SSSR count). The van der Waals surface area contributed by atoms with Crippen molar-refractivity contribution < 1.29 is 31.7 Å². The first kappa shape index (κ1) is 24.3. The molecule has 1 aliphatic rings. The maximum Gasteiger partial charge on any atom is 0.419 e. The van der Waals surface area contributed by atoms with Gasteiger partial charge in [0.05, 0.1) is 16.9 Å². The van der Waals surface area contributed by atoms with Gasteiger partial charge in [0.25, 0.3) is 0 Å². The lowest BCUT2D eigenvalue weighted by atomic mass is 10.1. The molecule has 5 nitrogen and oxygen atoms in total. The number of rotatable bonds is 6. The predicted molar refractivity (Wildman–Crippen MR) is 112 cm³/mol. The normalized spacial score (nSPS) is 21.4. The fourth-order valence-corrected chi connectivity index (χ4v) is 5.56. The summed E-state index contributed by atoms with van der Waals surface area (Å²) in [5, 5.41) is 8.98. The van der Waals surface area contributed by atoms with Crippen LogP contribution in [-0.2, 0) is 34.9 Å². The number of aliphatic carboxylic acids is 1. The van der Waals surface area contributed by atoms with Crippen LogP contribution < -0.4 is 0 Å². The molecule has 174 valence electrons. The SMILES string of the molecule is C[C@@H]1CN(Cc2ccc(C(F)(F)F)c(F)c2)C[C@H](C)N1S(=O)c1cccc(CC(=O)O)c1. The number of alkyl halides is 3. The first-order valence-electron chi connectivity index (χ1n) is 10.0. The maximum absolute atomic E-state index is 13.9. The summed E-state index contributed by atoms with van der Waals surface area (Å²) < 4.78 is 67.3. The Morgan fingerprint density at radius 1 is 1.09 bits per heavy atom. The third-order valence-corrected chi connectivity index (χ3v) is 7.07. The molecule has 2 aromatic carbocycles. The summed E-state index contributed by atoms with van der Waals surface area (Å²) in [4.78, 5) is 13.5. The van der Waals surface area contributed by atoms with E-state index in [0.29, 0.717) is 29.1 Å². The summed E-state index contributed by atoms with van der Waals surface area (Å²) in [6.07, 6.45) is -4.89. The number of nitrogens with zero attached hydrogens (tertiary/aromatic N) is 2. The number of hydrogen-bond donors (Lipinski definition) is 1. The number of halogens is 4. The monoisotopic (exact) mass is 472 g/mol. The number of hydrogen-bond acceptors (Lipinski definition) is 3. The molecule has 1 N–H and O–H groups in total. The fourth-order valence-electron chi connectivity index (χ4n) is 4.08. The molecule has 1 saturated heterocycles. The Morgan fingerprint density at radius 3 is 2.31 bits per heavy atom. The molecule has 0 amide bonds. The maximum atomic E-state index is 13.9. The van der Waals surface area contributed by atoms with Gasteiger partial charge in [0.2, 0.25) is 0 Å². The molecule has 2 aromatic rings. The van der Waals surface area contributed by atoms with E-state index < -0.39 is 34.5 Å². The molecule has 1 aliphatic heterocycles. The smallest absolute Gasteiger partial charge is 0.419 e. The lowest BCUT2D eigenvalue weighted by molar-refractivity contribution is -0.140. The van der Waals surface area contributed by atoms with Crippen LogP contribution in [0.5, 0.6) is 0 Å². The van der Waals surface area contributed by atoms with Gasteiger partial charge in [-0.3, -0.25) is 9.69 Å². The minimum Gasteiger partial charge on any atom is -0.481 e. The van der Waals surface area contributed by atoms with Gasteiger partial charge < -0.3 is 5.11 Å². The number of carboxylic acid groups (broad SMARTS) is 1. The summed E-state index contributed by atoms with van der Waals surface area (Å²) in [6, 6.07) is 9.31. The molecule has 1 heterocycles. The second-order valence-corrected chi connectivity index (χ2v) is 9.42. The van der Waals surface area contributed by atoms with Gasteiger partial charge >= 0.3 is 12.1 Å². The molecule has 0 aromatic heterocycles. The second kappa shape index (κ2) is 9.68.